The fourth-order valence-electron chi connectivity index (χ4n) is 2.12. The normalized spacial score (nSPS) is 15.6. The van der Waals surface area contributed by atoms with E-state index in [1.165, 1.54) is 13.8 Å². The number of nitrogens with two attached hydrogens (primary N) is 3. The first-order chi connectivity index (χ1) is 13.8. The molecule has 5 unspecified atom stereocenters. The van der Waals surface area contributed by atoms with Gasteiger partial charge in [-0.15, -0.1) is 0 Å². The number of aliphatic hydroxyl groups excluding tert-OH is 1. The predicted octanol–water partition coefficient (Wildman–Crippen LogP) is -4.61. The van der Waals surface area contributed by atoms with E-state index in [0.29, 0.717) is 0 Å². The van der Waals surface area contributed by atoms with Gasteiger partial charge in [0.1, 0.15) is 24.2 Å². The van der Waals surface area contributed by atoms with E-state index < -0.39 is 72.2 Å². The summed E-state index contributed by atoms with van der Waals surface area (Å²) < 4.78 is 0. The van der Waals surface area contributed by atoms with Gasteiger partial charge in [0.25, 0.3) is 0 Å². The number of aliphatic hydroxyl groups is 1. The van der Waals surface area contributed by atoms with Gasteiger partial charge in [0.05, 0.1) is 12.5 Å². The van der Waals surface area contributed by atoms with Crippen molar-refractivity contribution >= 4 is 35.5 Å². The summed E-state index contributed by atoms with van der Waals surface area (Å²) in [5, 5.41) is 24.9. The molecule has 0 fully saturated rings. The van der Waals surface area contributed by atoms with Gasteiger partial charge < -0.3 is 43.4 Å². The van der Waals surface area contributed by atoms with Gasteiger partial charge in [-0.05, 0) is 20.3 Å². The maximum atomic E-state index is 12.4. The van der Waals surface area contributed by atoms with Crippen molar-refractivity contribution in [3.63, 3.8) is 0 Å². The van der Waals surface area contributed by atoms with Crippen LogP contribution in [0.15, 0.2) is 0 Å². The van der Waals surface area contributed by atoms with Crippen molar-refractivity contribution in [2.24, 2.45) is 17.2 Å². The molecule has 0 aromatic carbocycles. The number of carbonyl (C=O) groups is 6. The number of carboxylic acid groups (broad SMARTS) is 1. The molecule has 0 rings (SSSR count). The monoisotopic (exact) mass is 432 g/mol. The van der Waals surface area contributed by atoms with Crippen molar-refractivity contribution < 1.29 is 39.0 Å². The lowest BCUT2D eigenvalue weighted by Crippen LogP contribution is -2.57. The Hall–Kier alpha value is -3.26. The second kappa shape index (κ2) is 12.3. The zero-order valence-corrected chi connectivity index (χ0v) is 16.6. The smallest absolute Gasteiger partial charge is 0.326 e. The Morgan fingerprint density at radius 2 is 1.37 bits per heavy atom. The van der Waals surface area contributed by atoms with Crippen molar-refractivity contribution in [3.8, 4) is 0 Å². The first-order valence-electron chi connectivity index (χ1n) is 8.90. The van der Waals surface area contributed by atoms with Crippen LogP contribution in [-0.2, 0) is 28.8 Å². The fraction of sp³-hybridized carbons (Fsp3) is 0.625. The van der Waals surface area contributed by atoms with Crippen molar-refractivity contribution in [3.05, 3.63) is 0 Å². The van der Waals surface area contributed by atoms with Gasteiger partial charge in [0, 0.05) is 6.42 Å². The Balaban J connectivity index is 5.22. The molecule has 5 amide bonds. The molecule has 30 heavy (non-hydrogen) atoms. The number of primary amides is 2. The highest BCUT2D eigenvalue weighted by atomic mass is 16.4. The second-order valence-corrected chi connectivity index (χ2v) is 6.63. The van der Waals surface area contributed by atoms with Crippen LogP contribution in [0.1, 0.15) is 33.1 Å². The third-order valence-electron chi connectivity index (χ3n) is 3.91. The number of aliphatic carboxylic acids is 1. The second-order valence-electron chi connectivity index (χ2n) is 6.63. The summed E-state index contributed by atoms with van der Waals surface area (Å²) in [5.41, 5.74) is 15.4. The SMILES string of the molecule is CC(NC(=O)C(N)C(C)O)C(=O)NC(CCC(N)=O)C(=O)NC(CC(N)=O)C(=O)O. The van der Waals surface area contributed by atoms with Crippen molar-refractivity contribution in [1.82, 2.24) is 16.0 Å². The Morgan fingerprint density at radius 1 is 0.833 bits per heavy atom. The number of carboxylic acids is 1. The number of hydrogen-bond acceptors (Lipinski definition) is 8. The van der Waals surface area contributed by atoms with Crippen LogP contribution in [0, 0.1) is 0 Å². The highest BCUT2D eigenvalue weighted by molar-refractivity contribution is 5.95. The van der Waals surface area contributed by atoms with Crippen LogP contribution in [0.5, 0.6) is 0 Å². The minimum atomic E-state index is -1.65. The maximum absolute atomic E-state index is 12.4. The van der Waals surface area contributed by atoms with E-state index in [-0.39, 0.29) is 12.8 Å². The standard InChI is InChI=1S/C16H28N6O8/c1-6(20-15(28)12(19)7(2)23)13(26)21-8(3-4-10(17)24)14(27)22-9(16(29)30)5-11(18)25/h6-9,12,23H,3-5,19H2,1-2H3,(H2,17,24)(H2,18,25)(H,20,28)(H,21,26)(H,22,27)(H,29,30). The van der Waals surface area contributed by atoms with Gasteiger partial charge in [-0.3, -0.25) is 24.0 Å². The summed E-state index contributed by atoms with van der Waals surface area (Å²) in [4.78, 5) is 69.7. The molecule has 11 N–H and O–H groups in total. The number of carbonyl (C=O) groups excluding carboxylic acids is 5. The van der Waals surface area contributed by atoms with E-state index in [1.54, 1.807) is 0 Å². The molecule has 0 saturated heterocycles. The molecule has 14 heteroatoms. The summed E-state index contributed by atoms with van der Waals surface area (Å²) in [7, 11) is 0. The Morgan fingerprint density at radius 3 is 1.80 bits per heavy atom. The van der Waals surface area contributed by atoms with Crippen LogP contribution in [0.25, 0.3) is 0 Å². The van der Waals surface area contributed by atoms with Crippen LogP contribution in [-0.4, -0.2) is 76.0 Å². The Kier molecular flexibility index (Phi) is 11.0. The summed E-state index contributed by atoms with van der Waals surface area (Å²) in [6, 6.07) is -5.53. The van der Waals surface area contributed by atoms with Gasteiger partial charge in [-0.1, -0.05) is 0 Å². The molecule has 0 aromatic heterocycles. The molecule has 0 aromatic rings. The van der Waals surface area contributed by atoms with Gasteiger partial charge >= 0.3 is 5.97 Å². The summed E-state index contributed by atoms with van der Waals surface area (Å²) in [5.74, 6) is -5.97. The minimum absolute atomic E-state index is 0.274. The van der Waals surface area contributed by atoms with E-state index >= 15 is 0 Å². The van der Waals surface area contributed by atoms with Crippen molar-refractivity contribution in [1.29, 1.82) is 0 Å². The number of nitrogens with one attached hydrogen (secondary N) is 3. The van der Waals surface area contributed by atoms with E-state index in [9.17, 15) is 33.9 Å². The first-order valence-corrected chi connectivity index (χ1v) is 8.90. The van der Waals surface area contributed by atoms with Gasteiger partial charge in [-0.25, -0.2) is 4.79 Å². The average Bonchev–Trinajstić information content (AvgIpc) is 2.62. The molecule has 0 heterocycles. The van der Waals surface area contributed by atoms with Gasteiger partial charge in [0.15, 0.2) is 0 Å². The topological polar surface area (TPSA) is 257 Å². The Bertz CT molecular complexity index is 683. The molecule has 0 aliphatic heterocycles. The fourth-order valence-corrected chi connectivity index (χ4v) is 2.12. The lowest BCUT2D eigenvalue weighted by molar-refractivity contribution is -0.144. The number of hydrogen-bond donors (Lipinski definition) is 8. The van der Waals surface area contributed by atoms with Crippen LogP contribution >= 0.6 is 0 Å². The summed E-state index contributed by atoms with van der Waals surface area (Å²) in [6.45, 7) is 2.56. The zero-order chi connectivity index (χ0) is 23.6. The van der Waals surface area contributed by atoms with Crippen LogP contribution < -0.4 is 33.2 Å². The summed E-state index contributed by atoms with van der Waals surface area (Å²) >= 11 is 0. The first kappa shape index (κ1) is 26.7. The minimum Gasteiger partial charge on any atom is -0.480 e. The third kappa shape index (κ3) is 9.79. The molecule has 0 bridgehead atoms. The zero-order valence-electron chi connectivity index (χ0n) is 16.6. The lowest BCUT2D eigenvalue weighted by atomic mass is 10.1. The predicted molar refractivity (Wildman–Crippen MR) is 101 cm³/mol. The van der Waals surface area contributed by atoms with Crippen LogP contribution in [0.4, 0.5) is 0 Å². The van der Waals surface area contributed by atoms with Crippen LogP contribution in [0.2, 0.25) is 0 Å². The molecule has 0 spiro atoms. The van der Waals surface area contributed by atoms with Crippen molar-refractivity contribution in [2.45, 2.75) is 63.4 Å². The Labute approximate surface area is 171 Å². The van der Waals surface area contributed by atoms with Gasteiger partial charge in [0.2, 0.25) is 29.5 Å². The van der Waals surface area contributed by atoms with Crippen molar-refractivity contribution in [2.75, 3.05) is 0 Å². The highest BCUT2D eigenvalue weighted by Crippen LogP contribution is 2.02. The van der Waals surface area contributed by atoms with E-state index in [4.69, 9.17) is 22.3 Å². The maximum Gasteiger partial charge on any atom is 0.326 e. The summed E-state index contributed by atoms with van der Waals surface area (Å²) in [6.07, 6.45) is -2.46. The van der Waals surface area contributed by atoms with Gasteiger partial charge in [-0.2, -0.15) is 0 Å². The molecular weight excluding hydrogens is 404 g/mol. The van der Waals surface area contributed by atoms with E-state index in [2.05, 4.69) is 10.6 Å². The van der Waals surface area contributed by atoms with E-state index in [0.717, 1.165) is 0 Å². The highest BCUT2D eigenvalue weighted by Gasteiger charge is 2.30. The molecule has 0 radical (unpaired) electrons. The third-order valence-corrected chi connectivity index (χ3v) is 3.91. The lowest BCUT2D eigenvalue weighted by Gasteiger charge is -2.23. The number of rotatable bonds is 13. The average molecular weight is 432 g/mol. The molecule has 5 atom stereocenters. The van der Waals surface area contributed by atoms with Crippen LogP contribution in [0.3, 0.4) is 0 Å². The largest absolute Gasteiger partial charge is 0.480 e. The molecule has 14 nitrogen and oxygen atoms in total. The molecule has 0 saturated carbocycles. The molecule has 0 aliphatic rings. The van der Waals surface area contributed by atoms with E-state index in [1.807, 2.05) is 5.32 Å². The molecular formula is C16H28N6O8. The number of amides is 5. The quantitative estimate of drug-likeness (QED) is 0.139. The molecule has 170 valence electrons. The molecule has 0 aliphatic carbocycles.